The second-order valence-corrected chi connectivity index (χ2v) is 6.38. The molecular formula is C21H13ClN4O. The molecule has 5 nitrogen and oxygen atoms in total. The Kier molecular flexibility index (Phi) is 4.33. The molecule has 0 bridgehead atoms. The molecule has 0 spiro atoms. The maximum atomic E-state index is 12.8. The van der Waals surface area contributed by atoms with E-state index in [1.165, 1.54) is 0 Å². The fraction of sp³-hybridized carbons (Fsp3) is 0. The van der Waals surface area contributed by atoms with E-state index >= 15 is 0 Å². The lowest BCUT2D eigenvalue weighted by Gasteiger charge is -1.99. The summed E-state index contributed by atoms with van der Waals surface area (Å²) in [5, 5.41) is 15.1. The molecule has 2 heterocycles. The molecule has 2 aromatic carbocycles. The molecule has 27 heavy (non-hydrogen) atoms. The molecular weight excluding hydrogens is 360 g/mol. The monoisotopic (exact) mass is 372 g/mol. The minimum atomic E-state index is -0.349. The Morgan fingerprint density at radius 3 is 2.81 bits per heavy atom. The number of aromatic amines is 1. The van der Waals surface area contributed by atoms with Gasteiger partial charge in [0, 0.05) is 39.4 Å². The van der Waals surface area contributed by atoms with Gasteiger partial charge in [-0.15, -0.1) is 0 Å². The number of hydrogen-bond donors (Lipinski definition) is 1. The van der Waals surface area contributed by atoms with Crippen LogP contribution in [0.3, 0.4) is 0 Å². The van der Waals surface area contributed by atoms with E-state index in [1.54, 1.807) is 47.5 Å². The maximum absolute atomic E-state index is 12.8. The number of hydrogen-bond acceptors (Lipinski definition) is 3. The number of benzene rings is 2. The SMILES string of the molecule is N#CC(=Cc1cnn(-c2ccccc2)c1)C(=O)c1c[nH]c2cc(Cl)ccc12. The number of ketones is 1. The van der Waals surface area contributed by atoms with E-state index < -0.39 is 0 Å². The summed E-state index contributed by atoms with van der Waals surface area (Å²) in [6.45, 7) is 0. The molecule has 0 aliphatic rings. The Hall–Kier alpha value is -3.62. The molecule has 2 aromatic heterocycles. The van der Waals surface area contributed by atoms with Crippen LogP contribution < -0.4 is 0 Å². The number of allylic oxidation sites excluding steroid dienone is 1. The number of aromatic nitrogens is 3. The molecule has 1 N–H and O–H groups in total. The number of carbonyl (C=O) groups is 1. The summed E-state index contributed by atoms with van der Waals surface area (Å²) in [5.41, 5.74) is 2.80. The van der Waals surface area contributed by atoms with Crippen LogP contribution in [0.2, 0.25) is 5.02 Å². The average Bonchev–Trinajstić information content (AvgIpc) is 3.33. The van der Waals surface area contributed by atoms with Gasteiger partial charge in [-0.3, -0.25) is 4.79 Å². The number of halogens is 1. The fourth-order valence-electron chi connectivity index (χ4n) is 2.88. The first-order chi connectivity index (χ1) is 13.2. The molecule has 4 rings (SSSR count). The van der Waals surface area contributed by atoms with Crippen LogP contribution in [0, 0.1) is 11.3 Å². The van der Waals surface area contributed by atoms with Crippen LogP contribution in [0.5, 0.6) is 0 Å². The molecule has 0 amide bonds. The van der Waals surface area contributed by atoms with Crippen molar-refractivity contribution in [3.63, 3.8) is 0 Å². The summed E-state index contributed by atoms with van der Waals surface area (Å²) in [6, 6.07) is 16.8. The van der Waals surface area contributed by atoms with Crippen molar-refractivity contribution in [1.82, 2.24) is 14.8 Å². The Morgan fingerprint density at radius 2 is 2.04 bits per heavy atom. The number of H-pyrrole nitrogens is 1. The highest BCUT2D eigenvalue weighted by atomic mass is 35.5. The van der Waals surface area contributed by atoms with Gasteiger partial charge in [-0.2, -0.15) is 10.4 Å². The minimum absolute atomic E-state index is 0.0402. The molecule has 0 unspecified atom stereocenters. The van der Waals surface area contributed by atoms with Gasteiger partial charge >= 0.3 is 0 Å². The number of para-hydroxylation sites is 1. The number of Topliss-reactive ketones (excluding diaryl/α,β-unsaturated/α-hetero) is 1. The molecule has 130 valence electrons. The smallest absolute Gasteiger partial charge is 0.205 e. The summed E-state index contributed by atoms with van der Waals surface area (Å²) in [6.07, 6.45) is 6.53. The first kappa shape index (κ1) is 16.8. The third kappa shape index (κ3) is 3.26. The van der Waals surface area contributed by atoms with E-state index in [-0.39, 0.29) is 11.4 Å². The number of nitriles is 1. The zero-order valence-electron chi connectivity index (χ0n) is 14.1. The molecule has 6 heteroatoms. The van der Waals surface area contributed by atoms with Gasteiger partial charge in [0.1, 0.15) is 11.6 Å². The molecule has 0 atom stereocenters. The second kappa shape index (κ2) is 6.94. The molecule has 0 saturated heterocycles. The van der Waals surface area contributed by atoms with E-state index in [0.717, 1.165) is 16.6 Å². The van der Waals surface area contributed by atoms with Gasteiger partial charge in [0.05, 0.1) is 11.9 Å². The van der Waals surface area contributed by atoms with Crippen LogP contribution in [-0.4, -0.2) is 20.5 Å². The predicted octanol–water partition coefficient (Wildman–Crippen LogP) is 4.80. The minimum Gasteiger partial charge on any atom is -0.360 e. The van der Waals surface area contributed by atoms with Crippen molar-refractivity contribution in [2.75, 3.05) is 0 Å². The van der Waals surface area contributed by atoms with Crippen molar-refractivity contribution < 1.29 is 4.79 Å². The van der Waals surface area contributed by atoms with Crippen molar-refractivity contribution in [2.24, 2.45) is 0 Å². The molecule has 0 saturated carbocycles. The lowest BCUT2D eigenvalue weighted by Crippen LogP contribution is -2.00. The highest BCUT2D eigenvalue weighted by Gasteiger charge is 2.17. The number of nitrogens with one attached hydrogen (secondary N) is 1. The highest BCUT2D eigenvalue weighted by molar-refractivity contribution is 6.31. The maximum Gasteiger partial charge on any atom is 0.205 e. The Balaban J connectivity index is 1.68. The zero-order valence-corrected chi connectivity index (χ0v) is 14.8. The molecule has 0 aliphatic carbocycles. The van der Waals surface area contributed by atoms with E-state index in [4.69, 9.17) is 11.6 Å². The van der Waals surface area contributed by atoms with E-state index in [2.05, 4.69) is 10.1 Å². The van der Waals surface area contributed by atoms with Crippen LogP contribution in [0.25, 0.3) is 22.7 Å². The van der Waals surface area contributed by atoms with Crippen molar-refractivity contribution >= 4 is 34.4 Å². The van der Waals surface area contributed by atoms with E-state index in [0.29, 0.717) is 16.1 Å². The van der Waals surface area contributed by atoms with Crippen LogP contribution in [-0.2, 0) is 0 Å². The van der Waals surface area contributed by atoms with Gasteiger partial charge in [0.15, 0.2) is 0 Å². The number of rotatable bonds is 4. The van der Waals surface area contributed by atoms with Gasteiger partial charge in [0.2, 0.25) is 5.78 Å². The Labute approximate surface area is 160 Å². The van der Waals surface area contributed by atoms with Crippen molar-refractivity contribution in [1.29, 1.82) is 5.26 Å². The van der Waals surface area contributed by atoms with Crippen molar-refractivity contribution in [2.45, 2.75) is 0 Å². The van der Waals surface area contributed by atoms with Crippen LogP contribution in [0.15, 0.2) is 72.7 Å². The third-order valence-corrected chi connectivity index (χ3v) is 4.42. The average molecular weight is 373 g/mol. The molecule has 0 fully saturated rings. The lowest BCUT2D eigenvalue weighted by molar-refractivity contribution is 0.104. The van der Waals surface area contributed by atoms with Crippen molar-refractivity contribution in [3.8, 4) is 11.8 Å². The van der Waals surface area contributed by atoms with Crippen molar-refractivity contribution in [3.05, 3.63) is 88.8 Å². The van der Waals surface area contributed by atoms with Crippen LogP contribution >= 0.6 is 11.6 Å². The topological polar surface area (TPSA) is 74.5 Å². The quantitative estimate of drug-likeness (QED) is 0.318. The van der Waals surface area contributed by atoms with Gasteiger partial charge in [-0.05, 0) is 30.3 Å². The first-order valence-electron chi connectivity index (χ1n) is 8.19. The Bertz CT molecular complexity index is 1210. The standard InChI is InChI=1S/C21H13ClN4O/c22-16-6-7-18-19(12-24-20(18)9-16)21(27)15(10-23)8-14-11-25-26(13-14)17-4-2-1-3-5-17/h1-9,11-13,24H. The second-order valence-electron chi connectivity index (χ2n) is 5.94. The van der Waals surface area contributed by atoms with Gasteiger partial charge in [-0.25, -0.2) is 4.68 Å². The number of carbonyl (C=O) groups excluding carboxylic acids is 1. The molecule has 4 aromatic rings. The summed E-state index contributed by atoms with van der Waals surface area (Å²) < 4.78 is 1.69. The van der Waals surface area contributed by atoms with Crippen LogP contribution in [0.1, 0.15) is 15.9 Å². The van der Waals surface area contributed by atoms with Gasteiger partial charge < -0.3 is 4.98 Å². The van der Waals surface area contributed by atoms with Crippen LogP contribution in [0.4, 0.5) is 0 Å². The number of nitrogens with zero attached hydrogens (tertiary/aromatic N) is 3. The first-order valence-corrected chi connectivity index (χ1v) is 8.57. The molecule has 0 radical (unpaired) electrons. The predicted molar refractivity (Wildman–Crippen MR) is 105 cm³/mol. The van der Waals surface area contributed by atoms with Gasteiger partial charge in [-0.1, -0.05) is 35.9 Å². The third-order valence-electron chi connectivity index (χ3n) is 4.19. The normalized spacial score (nSPS) is 11.5. The summed E-state index contributed by atoms with van der Waals surface area (Å²) in [5.74, 6) is -0.349. The highest BCUT2D eigenvalue weighted by Crippen LogP contribution is 2.24. The van der Waals surface area contributed by atoms with E-state index in [1.807, 2.05) is 36.4 Å². The Morgan fingerprint density at radius 1 is 1.22 bits per heavy atom. The fourth-order valence-corrected chi connectivity index (χ4v) is 3.05. The molecule has 0 aliphatic heterocycles. The summed E-state index contributed by atoms with van der Waals surface area (Å²) in [7, 11) is 0. The largest absolute Gasteiger partial charge is 0.360 e. The zero-order chi connectivity index (χ0) is 18.8. The summed E-state index contributed by atoms with van der Waals surface area (Å²) in [4.78, 5) is 15.9. The number of fused-ring (bicyclic) bond motifs is 1. The van der Waals surface area contributed by atoms with Gasteiger partial charge in [0.25, 0.3) is 0 Å². The van der Waals surface area contributed by atoms with E-state index in [9.17, 15) is 10.1 Å². The lowest BCUT2D eigenvalue weighted by atomic mass is 10.0. The summed E-state index contributed by atoms with van der Waals surface area (Å²) >= 11 is 5.98.